The number of benzene rings is 4. The van der Waals surface area contributed by atoms with Crippen LogP contribution in [0.1, 0.15) is 33.2 Å². The first-order valence-electron chi connectivity index (χ1n) is 12.8. The normalized spacial score (nSPS) is 14.7. The van der Waals surface area contributed by atoms with Crippen molar-refractivity contribution in [2.45, 2.75) is 6.92 Å². The van der Waals surface area contributed by atoms with E-state index in [4.69, 9.17) is 4.74 Å². The van der Waals surface area contributed by atoms with Gasteiger partial charge < -0.3 is 9.64 Å². The van der Waals surface area contributed by atoms with Gasteiger partial charge in [0.05, 0.1) is 5.57 Å². The molecule has 4 heteroatoms. The van der Waals surface area contributed by atoms with Crippen molar-refractivity contribution < 1.29 is 14.3 Å². The van der Waals surface area contributed by atoms with Crippen molar-refractivity contribution in [3.05, 3.63) is 167 Å². The SMILES string of the molecule is CC1=CC(=C2C(=O)c3ccccc3C2=O)C=C(/C=C/c2ccc(N(c3ccccc3)c3ccccc3)cc2)O1. The first-order valence-corrected chi connectivity index (χ1v) is 12.8. The van der Waals surface area contributed by atoms with Crippen LogP contribution in [0.2, 0.25) is 0 Å². The largest absolute Gasteiger partial charge is 0.462 e. The molecule has 4 nitrogen and oxygen atoms in total. The van der Waals surface area contributed by atoms with Gasteiger partial charge in [-0.15, -0.1) is 0 Å². The molecular formula is C35H25NO3. The molecule has 0 radical (unpaired) electrons. The summed E-state index contributed by atoms with van der Waals surface area (Å²) in [4.78, 5) is 28.2. The highest BCUT2D eigenvalue weighted by Crippen LogP contribution is 2.35. The van der Waals surface area contributed by atoms with E-state index in [0.29, 0.717) is 28.2 Å². The Hall–Kier alpha value is -5.22. The summed E-state index contributed by atoms with van der Waals surface area (Å²) >= 11 is 0. The Morgan fingerprint density at radius 2 is 1.10 bits per heavy atom. The average Bonchev–Trinajstić information content (AvgIpc) is 3.23. The van der Waals surface area contributed by atoms with E-state index in [-0.39, 0.29) is 17.1 Å². The Morgan fingerprint density at radius 1 is 0.590 bits per heavy atom. The lowest BCUT2D eigenvalue weighted by molar-refractivity contribution is 0.0988. The molecule has 4 aromatic rings. The van der Waals surface area contributed by atoms with E-state index in [9.17, 15) is 9.59 Å². The second kappa shape index (κ2) is 10.3. The third-order valence-corrected chi connectivity index (χ3v) is 6.71. The zero-order chi connectivity index (χ0) is 26.8. The molecule has 0 saturated carbocycles. The summed E-state index contributed by atoms with van der Waals surface area (Å²) in [6.07, 6.45) is 7.31. The van der Waals surface area contributed by atoms with Gasteiger partial charge in [-0.3, -0.25) is 9.59 Å². The Bertz CT molecular complexity index is 1620. The maximum Gasteiger partial charge on any atom is 0.198 e. The average molecular weight is 508 g/mol. The minimum Gasteiger partial charge on any atom is -0.462 e. The van der Waals surface area contributed by atoms with Crippen LogP contribution in [0.25, 0.3) is 6.08 Å². The van der Waals surface area contributed by atoms with Crippen molar-refractivity contribution in [1.82, 2.24) is 0 Å². The number of carbonyl (C=O) groups excluding carboxylic acids is 2. The number of ether oxygens (including phenoxy) is 1. The summed E-state index contributed by atoms with van der Waals surface area (Å²) in [5.74, 6) is 0.697. The van der Waals surface area contributed by atoms with Crippen molar-refractivity contribution in [2.75, 3.05) is 4.90 Å². The first-order chi connectivity index (χ1) is 19.1. The number of hydrogen-bond acceptors (Lipinski definition) is 4. The van der Waals surface area contributed by atoms with Crippen LogP contribution in [0.5, 0.6) is 0 Å². The zero-order valence-electron chi connectivity index (χ0n) is 21.4. The topological polar surface area (TPSA) is 46.6 Å². The van der Waals surface area contributed by atoms with E-state index < -0.39 is 0 Å². The molecule has 39 heavy (non-hydrogen) atoms. The number of rotatable bonds is 5. The zero-order valence-corrected chi connectivity index (χ0v) is 21.4. The third kappa shape index (κ3) is 4.76. The van der Waals surface area contributed by atoms with Gasteiger partial charge in [-0.25, -0.2) is 0 Å². The molecule has 0 spiro atoms. The maximum absolute atomic E-state index is 13.0. The molecule has 0 N–H and O–H groups in total. The Balaban J connectivity index is 1.28. The number of nitrogens with zero attached hydrogens (tertiary/aromatic N) is 1. The lowest BCUT2D eigenvalue weighted by Gasteiger charge is -2.25. The highest BCUT2D eigenvalue weighted by atomic mass is 16.5. The summed E-state index contributed by atoms with van der Waals surface area (Å²) < 4.78 is 5.89. The second-order valence-electron chi connectivity index (χ2n) is 9.37. The van der Waals surface area contributed by atoms with E-state index >= 15 is 0 Å². The lowest BCUT2D eigenvalue weighted by Crippen LogP contribution is -2.09. The van der Waals surface area contributed by atoms with Gasteiger partial charge in [0.2, 0.25) is 0 Å². The summed E-state index contributed by atoms with van der Waals surface area (Å²) in [5.41, 5.74) is 5.86. The maximum atomic E-state index is 13.0. The molecule has 0 atom stereocenters. The molecule has 1 heterocycles. The number of hydrogen-bond donors (Lipinski definition) is 0. The van der Waals surface area contributed by atoms with Crippen LogP contribution in [0, 0.1) is 0 Å². The van der Waals surface area contributed by atoms with Gasteiger partial charge in [-0.2, -0.15) is 0 Å². The van der Waals surface area contributed by atoms with Gasteiger partial charge >= 0.3 is 0 Å². The number of anilines is 3. The standard InChI is InChI=1S/C35H25NO3/c1-24-22-26(33-34(37)31-14-8-9-15-32(31)35(33)38)23-30(39-24)21-18-25-16-19-29(20-17-25)36(27-10-4-2-5-11-27)28-12-6-3-7-13-28/h2-23H,1H3/b21-18+. The fourth-order valence-electron chi connectivity index (χ4n) is 4.91. The summed E-state index contributed by atoms with van der Waals surface area (Å²) in [6, 6.07) is 35.7. The minimum atomic E-state index is -0.242. The van der Waals surface area contributed by atoms with Crippen molar-refractivity contribution in [3.63, 3.8) is 0 Å². The fraction of sp³-hybridized carbons (Fsp3) is 0.0286. The van der Waals surface area contributed by atoms with Gasteiger partial charge in [0, 0.05) is 28.2 Å². The molecule has 6 rings (SSSR count). The van der Waals surface area contributed by atoms with Gasteiger partial charge in [0.25, 0.3) is 0 Å². The van der Waals surface area contributed by atoms with Crippen molar-refractivity contribution in [1.29, 1.82) is 0 Å². The number of carbonyl (C=O) groups is 2. The molecule has 0 bridgehead atoms. The summed E-state index contributed by atoms with van der Waals surface area (Å²) in [6.45, 7) is 1.81. The van der Waals surface area contributed by atoms with Crippen LogP contribution < -0.4 is 4.90 Å². The highest BCUT2D eigenvalue weighted by molar-refractivity contribution is 6.40. The van der Waals surface area contributed by atoms with Crippen LogP contribution in [-0.4, -0.2) is 11.6 Å². The van der Waals surface area contributed by atoms with E-state index in [1.54, 1.807) is 36.4 Å². The summed E-state index contributed by atoms with van der Waals surface area (Å²) in [5, 5.41) is 0. The Labute approximate surface area is 227 Å². The molecule has 0 amide bonds. The predicted molar refractivity (Wildman–Crippen MR) is 155 cm³/mol. The monoisotopic (exact) mass is 507 g/mol. The molecule has 2 aliphatic rings. The molecule has 0 fully saturated rings. The van der Waals surface area contributed by atoms with Crippen molar-refractivity contribution in [2.24, 2.45) is 0 Å². The molecule has 0 saturated heterocycles. The summed E-state index contributed by atoms with van der Waals surface area (Å²) in [7, 11) is 0. The first kappa shape index (κ1) is 24.1. The van der Waals surface area contributed by atoms with Crippen LogP contribution >= 0.6 is 0 Å². The highest BCUT2D eigenvalue weighted by Gasteiger charge is 2.35. The van der Waals surface area contributed by atoms with Crippen LogP contribution in [0.15, 0.2) is 150 Å². The third-order valence-electron chi connectivity index (χ3n) is 6.71. The molecule has 4 aromatic carbocycles. The predicted octanol–water partition coefficient (Wildman–Crippen LogP) is 8.36. The van der Waals surface area contributed by atoms with Crippen LogP contribution in [-0.2, 0) is 4.74 Å². The number of fused-ring (bicyclic) bond motifs is 1. The number of ketones is 2. The second-order valence-corrected chi connectivity index (χ2v) is 9.37. The Morgan fingerprint density at radius 3 is 1.67 bits per heavy atom. The minimum absolute atomic E-state index is 0.191. The molecule has 0 unspecified atom stereocenters. The number of para-hydroxylation sites is 2. The van der Waals surface area contributed by atoms with Gasteiger partial charge in [-0.05, 0) is 72.7 Å². The molecule has 0 aromatic heterocycles. The quantitative estimate of drug-likeness (QED) is 0.201. The molecule has 1 aliphatic carbocycles. The lowest BCUT2D eigenvalue weighted by atomic mass is 10.0. The molecular weight excluding hydrogens is 482 g/mol. The van der Waals surface area contributed by atoms with Gasteiger partial charge in [0.1, 0.15) is 11.5 Å². The number of allylic oxidation sites excluding steroid dienone is 6. The van der Waals surface area contributed by atoms with Crippen molar-refractivity contribution >= 4 is 34.7 Å². The van der Waals surface area contributed by atoms with E-state index in [1.807, 2.05) is 55.5 Å². The smallest absolute Gasteiger partial charge is 0.198 e. The van der Waals surface area contributed by atoms with Crippen LogP contribution in [0.3, 0.4) is 0 Å². The fourth-order valence-corrected chi connectivity index (χ4v) is 4.91. The Kier molecular flexibility index (Phi) is 6.36. The van der Waals surface area contributed by atoms with Gasteiger partial charge in [-0.1, -0.05) is 78.9 Å². The number of Topliss-reactive ketones (excluding diaryl/α,β-unsaturated/α-hetero) is 2. The van der Waals surface area contributed by atoms with Crippen LogP contribution in [0.4, 0.5) is 17.1 Å². The van der Waals surface area contributed by atoms with E-state index in [0.717, 1.165) is 22.6 Å². The molecule has 1 aliphatic heterocycles. The van der Waals surface area contributed by atoms with E-state index in [1.165, 1.54) is 0 Å². The van der Waals surface area contributed by atoms with E-state index in [2.05, 4.69) is 53.4 Å². The molecule has 188 valence electrons. The van der Waals surface area contributed by atoms with Gasteiger partial charge in [0.15, 0.2) is 11.6 Å². The van der Waals surface area contributed by atoms with Crippen molar-refractivity contribution in [3.8, 4) is 0 Å².